The molecule has 1 aromatic rings. The molecule has 0 amide bonds. The van der Waals surface area contributed by atoms with E-state index in [4.69, 9.17) is 11.6 Å². The summed E-state index contributed by atoms with van der Waals surface area (Å²) in [5.41, 5.74) is 0.424. The molecule has 0 saturated carbocycles. The average molecular weight is 285 g/mol. The number of nitrogens with zero attached hydrogens (tertiary/aromatic N) is 2. The highest BCUT2D eigenvalue weighted by Gasteiger charge is 2.15. The molecule has 2 rings (SSSR count). The van der Waals surface area contributed by atoms with Gasteiger partial charge in [0.1, 0.15) is 5.02 Å². The van der Waals surface area contributed by atoms with Crippen LogP contribution in [-0.2, 0) is 6.54 Å². The molecular weight excluding hydrogens is 264 g/mol. The predicted octanol–water partition coefficient (Wildman–Crippen LogP) is 1.86. The van der Waals surface area contributed by atoms with Crippen LogP contribution in [0.5, 0.6) is 0 Å². The Morgan fingerprint density at radius 2 is 2.47 bits per heavy atom. The van der Waals surface area contributed by atoms with Crippen LogP contribution in [0.15, 0.2) is 11.0 Å². The van der Waals surface area contributed by atoms with Gasteiger partial charge < -0.3 is 10.6 Å². The van der Waals surface area contributed by atoms with Crippen molar-refractivity contribution in [1.29, 1.82) is 0 Å². The van der Waals surface area contributed by atoms with Crippen molar-refractivity contribution in [3.05, 3.63) is 21.6 Å². The maximum absolute atomic E-state index is 12.0. The summed E-state index contributed by atoms with van der Waals surface area (Å²) in [4.78, 5) is 12.0. The van der Waals surface area contributed by atoms with Crippen molar-refractivity contribution in [3.8, 4) is 0 Å². The molecule has 106 valence electrons. The SMILES string of the molecule is CCCCn1ncc(NCC2CCCN2)c(Cl)c1=O. The standard InChI is InChI=1S/C13H21ClN4O/c1-2-3-7-18-13(19)12(14)11(9-17-18)16-8-10-5-4-6-15-10/h9-10,15-16H,2-8H2,1H3. The Kier molecular flexibility index (Phi) is 5.22. The summed E-state index contributed by atoms with van der Waals surface area (Å²) < 4.78 is 1.44. The van der Waals surface area contributed by atoms with E-state index in [9.17, 15) is 4.79 Å². The van der Waals surface area contributed by atoms with Gasteiger partial charge in [-0.1, -0.05) is 24.9 Å². The Labute approximate surface area is 118 Å². The number of anilines is 1. The van der Waals surface area contributed by atoms with Gasteiger partial charge in [0.05, 0.1) is 11.9 Å². The highest BCUT2D eigenvalue weighted by Crippen LogP contribution is 2.16. The molecule has 1 saturated heterocycles. The highest BCUT2D eigenvalue weighted by atomic mass is 35.5. The third kappa shape index (κ3) is 3.70. The average Bonchev–Trinajstić information content (AvgIpc) is 2.92. The van der Waals surface area contributed by atoms with Crippen LogP contribution in [-0.4, -0.2) is 28.9 Å². The number of aryl methyl sites for hydroxylation is 1. The third-order valence-electron chi connectivity index (χ3n) is 3.41. The van der Waals surface area contributed by atoms with Crippen molar-refractivity contribution in [2.24, 2.45) is 0 Å². The monoisotopic (exact) mass is 284 g/mol. The summed E-state index contributed by atoms with van der Waals surface area (Å²) in [6, 6.07) is 0.457. The van der Waals surface area contributed by atoms with Crippen LogP contribution in [0.3, 0.4) is 0 Å². The molecular formula is C13H21ClN4O. The van der Waals surface area contributed by atoms with Crippen molar-refractivity contribution in [3.63, 3.8) is 0 Å². The Morgan fingerprint density at radius 3 is 3.16 bits per heavy atom. The number of hydrogen-bond acceptors (Lipinski definition) is 4. The summed E-state index contributed by atoms with van der Waals surface area (Å²) in [5, 5.41) is 11.0. The fourth-order valence-electron chi connectivity index (χ4n) is 2.22. The van der Waals surface area contributed by atoms with Crippen LogP contribution in [0.4, 0.5) is 5.69 Å². The predicted molar refractivity (Wildman–Crippen MR) is 77.9 cm³/mol. The maximum Gasteiger partial charge on any atom is 0.287 e. The number of unbranched alkanes of at least 4 members (excludes halogenated alkanes) is 1. The van der Waals surface area contributed by atoms with Crippen molar-refractivity contribution < 1.29 is 0 Å². The lowest BCUT2D eigenvalue weighted by molar-refractivity contribution is 0.543. The van der Waals surface area contributed by atoms with Gasteiger partial charge in [-0.25, -0.2) is 4.68 Å². The molecule has 0 radical (unpaired) electrons. The molecule has 1 fully saturated rings. The van der Waals surface area contributed by atoms with Crippen LogP contribution in [0.2, 0.25) is 5.02 Å². The number of halogens is 1. The third-order valence-corrected chi connectivity index (χ3v) is 3.77. The molecule has 2 heterocycles. The summed E-state index contributed by atoms with van der Waals surface area (Å²) in [6.07, 6.45) is 5.97. The minimum absolute atomic E-state index is 0.209. The Hall–Kier alpha value is -1.07. The van der Waals surface area contributed by atoms with Gasteiger partial charge in [0.25, 0.3) is 5.56 Å². The molecule has 0 spiro atoms. The number of nitrogens with one attached hydrogen (secondary N) is 2. The lowest BCUT2D eigenvalue weighted by atomic mass is 10.2. The van der Waals surface area contributed by atoms with Gasteiger partial charge in [0.15, 0.2) is 0 Å². The van der Waals surface area contributed by atoms with Crippen molar-refractivity contribution in [1.82, 2.24) is 15.1 Å². The topological polar surface area (TPSA) is 59.0 Å². The zero-order valence-corrected chi connectivity index (χ0v) is 12.0. The number of aromatic nitrogens is 2. The van der Waals surface area contributed by atoms with Crippen molar-refractivity contribution in [2.75, 3.05) is 18.4 Å². The van der Waals surface area contributed by atoms with E-state index in [0.29, 0.717) is 18.3 Å². The zero-order chi connectivity index (χ0) is 13.7. The molecule has 0 bridgehead atoms. The van der Waals surface area contributed by atoms with Crippen LogP contribution in [0.1, 0.15) is 32.6 Å². The van der Waals surface area contributed by atoms with Crippen LogP contribution in [0.25, 0.3) is 0 Å². The van der Waals surface area contributed by atoms with E-state index in [1.54, 1.807) is 6.20 Å². The molecule has 0 aliphatic carbocycles. The second-order valence-corrected chi connectivity index (χ2v) is 5.31. The molecule has 0 aromatic carbocycles. The first-order valence-corrected chi connectivity index (χ1v) is 7.33. The maximum atomic E-state index is 12.0. The molecule has 1 aromatic heterocycles. The summed E-state index contributed by atoms with van der Waals surface area (Å²) in [6.45, 7) is 4.55. The molecule has 19 heavy (non-hydrogen) atoms. The van der Waals surface area contributed by atoms with E-state index in [-0.39, 0.29) is 10.6 Å². The summed E-state index contributed by atoms with van der Waals surface area (Å²) in [7, 11) is 0. The molecule has 5 nitrogen and oxygen atoms in total. The summed E-state index contributed by atoms with van der Waals surface area (Å²) in [5.74, 6) is 0. The quantitative estimate of drug-likeness (QED) is 0.837. The van der Waals surface area contributed by atoms with Gasteiger partial charge in [0.2, 0.25) is 0 Å². The van der Waals surface area contributed by atoms with Crippen molar-refractivity contribution in [2.45, 2.75) is 45.2 Å². The van der Waals surface area contributed by atoms with Crippen LogP contribution < -0.4 is 16.2 Å². The zero-order valence-electron chi connectivity index (χ0n) is 11.3. The molecule has 1 unspecified atom stereocenters. The van der Waals surface area contributed by atoms with Gasteiger partial charge >= 0.3 is 0 Å². The number of hydrogen-bond donors (Lipinski definition) is 2. The fraction of sp³-hybridized carbons (Fsp3) is 0.692. The van der Waals surface area contributed by atoms with Crippen LogP contribution >= 0.6 is 11.6 Å². The van der Waals surface area contributed by atoms with E-state index in [1.165, 1.54) is 11.1 Å². The van der Waals surface area contributed by atoms with Crippen molar-refractivity contribution >= 4 is 17.3 Å². The lowest BCUT2D eigenvalue weighted by Crippen LogP contribution is -2.30. The van der Waals surface area contributed by atoms with E-state index in [1.807, 2.05) is 0 Å². The van der Waals surface area contributed by atoms with Gasteiger partial charge in [0, 0.05) is 19.1 Å². The molecule has 2 N–H and O–H groups in total. The van der Waals surface area contributed by atoms with E-state index >= 15 is 0 Å². The fourth-order valence-corrected chi connectivity index (χ4v) is 2.43. The largest absolute Gasteiger partial charge is 0.381 e. The molecule has 1 aliphatic rings. The minimum Gasteiger partial charge on any atom is -0.381 e. The normalized spacial score (nSPS) is 18.7. The van der Waals surface area contributed by atoms with Gasteiger partial charge in [-0.3, -0.25) is 4.79 Å². The van der Waals surface area contributed by atoms with Gasteiger partial charge in [-0.2, -0.15) is 5.10 Å². The Balaban J connectivity index is 2.01. The highest BCUT2D eigenvalue weighted by molar-refractivity contribution is 6.32. The van der Waals surface area contributed by atoms with E-state index in [2.05, 4.69) is 22.7 Å². The molecule has 6 heteroatoms. The lowest BCUT2D eigenvalue weighted by Gasteiger charge is -2.14. The van der Waals surface area contributed by atoms with E-state index in [0.717, 1.165) is 32.4 Å². The Morgan fingerprint density at radius 1 is 1.63 bits per heavy atom. The first-order valence-electron chi connectivity index (χ1n) is 6.95. The second kappa shape index (κ2) is 6.91. The Bertz CT molecular complexity index is 468. The first kappa shape index (κ1) is 14.3. The van der Waals surface area contributed by atoms with Crippen LogP contribution in [0, 0.1) is 0 Å². The smallest absolute Gasteiger partial charge is 0.287 e. The second-order valence-electron chi connectivity index (χ2n) is 4.93. The van der Waals surface area contributed by atoms with E-state index < -0.39 is 0 Å². The molecule has 1 aliphatic heterocycles. The minimum atomic E-state index is -0.209. The number of rotatable bonds is 6. The summed E-state index contributed by atoms with van der Waals surface area (Å²) >= 11 is 6.11. The van der Waals surface area contributed by atoms with Gasteiger partial charge in [-0.15, -0.1) is 0 Å². The first-order chi connectivity index (χ1) is 9.22. The molecule has 1 atom stereocenters. The van der Waals surface area contributed by atoms with Gasteiger partial charge in [-0.05, 0) is 25.8 Å².